The summed E-state index contributed by atoms with van der Waals surface area (Å²) in [5.41, 5.74) is -3.87. The first-order valence-electron chi connectivity index (χ1n) is 7.49. The highest BCUT2D eigenvalue weighted by atomic mass is 35.5. The molecule has 1 saturated heterocycles. The van der Waals surface area contributed by atoms with E-state index in [9.17, 15) is 31.2 Å². The van der Waals surface area contributed by atoms with Crippen LogP contribution in [0.25, 0.3) is 0 Å². The molecular formula is C15H11ClF3N3O5S. The third-order valence-electron chi connectivity index (χ3n) is 3.84. The van der Waals surface area contributed by atoms with Crippen molar-refractivity contribution in [3.05, 3.63) is 53.4 Å². The van der Waals surface area contributed by atoms with Gasteiger partial charge in [-0.2, -0.15) is 17.9 Å². The Morgan fingerprint density at radius 1 is 1.18 bits per heavy atom. The van der Waals surface area contributed by atoms with Crippen molar-refractivity contribution in [2.75, 3.05) is 0 Å². The standard InChI is InChI=1S/C15H11ClF3N3O5S/c16-9-3-5-11(6-4-9)28(25,26)21-14(15(17,18)19)12(23)22(13(24)20-14)8-10-2-1-7-27-10/h1-7,21H,8H2,(H,20,24)/t14-/m0/s1. The van der Waals surface area contributed by atoms with Crippen LogP contribution in [0.1, 0.15) is 5.76 Å². The topological polar surface area (TPSA) is 109 Å². The molecule has 0 saturated carbocycles. The molecule has 1 fully saturated rings. The van der Waals surface area contributed by atoms with Gasteiger partial charge in [-0.1, -0.05) is 11.6 Å². The van der Waals surface area contributed by atoms with E-state index in [1.807, 2.05) is 0 Å². The molecule has 1 aliphatic heterocycles. The van der Waals surface area contributed by atoms with Gasteiger partial charge in [-0.3, -0.25) is 9.69 Å². The normalized spacial score (nSPS) is 20.5. The first-order valence-corrected chi connectivity index (χ1v) is 9.35. The molecule has 0 unspecified atom stereocenters. The monoisotopic (exact) mass is 437 g/mol. The molecule has 0 bridgehead atoms. The van der Waals surface area contributed by atoms with Crippen LogP contribution >= 0.6 is 11.6 Å². The highest BCUT2D eigenvalue weighted by Gasteiger charge is 2.69. The number of benzene rings is 1. The second kappa shape index (κ2) is 6.79. The number of rotatable bonds is 5. The van der Waals surface area contributed by atoms with Crippen molar-refractivity contribution in [1.82, 2.24) is 14.9 Å². The van der Waals surface area contributed by atoms with E-state index in [1.54, 1.807) is 0 Å². The Hall–Kier alpha value is -2.57. The SMILES string of the molecule is O=C1N[C@@](NS(=O)(=O)c2ccc(Cl)cc2)(C(F)(F)F)C(=O)N1Cc1ccco1. The van der Waals surface area contributed by atoms with Crippen molar-refractivity contribution in [2.45, 2.75) is 23.3 Å². The van der Waals surface area contributed by atoms with Crippen LogP contribution in [0.4, 0.5) is 18.0 Å². The number of nitrogens with one attached hydrogen (secondary N) is 2. The maximum absolute atomic E-state index is 13.8. The van der Waals surface area contributed by atoms with Crippen molar-refractivity contribution < 1.29 is 35.6 Å². The molecule has 1 aromatic carbocycles. The molecule has 2 heterocycles. The van der Waals surface area contributed by atoms with Gasteiger partial charge in [0, 0.05) is 5.02 Å². The van der Waals surface area contributed by atoms with Crippen LogP contribution in [0.3, 0.4) is 0 Å². The fourth-order valence-corrected chi connectivity index (χ4v) is 3.87. The van der Waals surface area contributed by atoms with Gasteiger partial charge in [-0.05, 0) is 36.4 Å². The van der Waals surface area contributed by atoms with Crippen LogP contribution < -0.4 is 10.0 Å². The van der Waals surface area contributed by atoms with Gasteiger partial charge in [0.2, 0.25) is 10.0 Å². The number of nitrogens with zero attached hydrogens (tertiary/aromatic N) is 1. The maximum atomic E-state index is 13.8. The summed E-state index contributed by atoms with van der Waals surface area (Å²) in [5.74, 6) is -1.80. The van der Waals surface area contributed by atoms with Crippen molar-refractivity contribution in [2.24, 2.45) is 0 Å². The largest absolute Gasteiger partial charge is 0.467 e. The molecule has 28 heavy (non-hydrogen) atoms. The van der Waals surface area contributed by atoms with Gasteiger partial charge in [-0.25, -0.2) is 13.2 Å². The van der Waals surface area contributed by atoms with Crippen molar-refractivity contribution >= 4 is 33.6 Å². The van der Waals surface area contributed by atoms with Crippen LogP contribution in [0.2, 0.25) is 5.02 Å². The predicted octanol–water partition coefficient (Wildman–Crippen LogP) is 2.22. The number of carbonyl (C=O) groups excluding carboxylic acids is 2. The molecule has 2 aromatic rings. The first kappa shape index (κ1) is 20.2. The van der Waals surface area contributed by atoms with Gasteiger partial charge >= 0.3 is 12.2 Å². The quantitative estimate of drug-likeness (QED) is 0.697. The molecule has 1 aliphatic rings. The predicted molar refractivity (Wildman–Crippen MR) is 88.3 cm³/mol. The zero-order chi connectivity index (χ0) is 20.7. The van der Waals surface area contributed by atoms with E-state index in [2.05, 4.69) is 0 Å². The molecule has 3 rings (SSSR count). The average molecular weight is 438 g/mol. The molecule has 0 spiro atoms. The highest BCUT2D eigenvalue weighted by molar-refractivity contribution is 7.89. The minimum absolute atomic E-state index is 0.0297. The fourth-order valence-electron chi connectivity index (χ4n) is 2.47. The van der Waals surface area contributed by atoms with Gasteiger partial charge in [0.15, 0.2) is 0 Å². The van der Waals surface area contributed by atoms with Gasteiger partial charge < -0.3 is 9.73 Å². The molecule has 3 amide bonds. The lowest BCUT2D eigenvalue weighted by molar-refractivity contribution is -0.198. The maximum Gasteiger partial charge on any atom is 0.435 e. The van der Waals surface area contributed by atoms with Crippen molar-refractivity contribution in [1.29, 1.82) is 0 Å². The summed E-state index contributed by atoms with van der Waals surface area (Å²) in [5, 5.41) is 1.56. The lowest BCUT2D eigenvalue weighted by atomic mass is 10.1. The van der Waals surface area contributed by atoms with E-state index in [-0.39, 0.29) is 15.7 Å². The lowest BCUT2D eigenvalue weighted by Crippen LogP contribution is -2.69. The summed E-state index contributed by atoms with van der Waals surface area (Å²) in [6, 6.07) is 5.52. The molecule has 0 radical (unpaired) electrons. The Balaban J connectivity index is 1.99. The number of urea groups is 1. The third-order valence-corrected chi connectivity index (χ3v) is 5.56. The van der Waals surface area contributed by atoms with Crippen LogP contribution in [0.5, 0.6) is 0 Å². The summed E-state index contributed by atoms with van der Waals surface area (Å²) in [7, 11) is -4.86. The number of imide groups is 1. The number of sulfonamides is 1. The molecule has 13 heteroatoms. The number of halogens is 4. The minimum Gasteiger partial charge on any atom is -0.467 e. The molecule has 1 aromatic heterocycles. The Kier molecular flexibility index (Phi) is 4.89. The van der Waals surface area contributed by atoms with Crippen molar-refractivity contribution in [3.8, 4) is 0 Å². The Morgan fingerprint density at radius 2 is 1.82 bits per heavy atom. The summed E-state index contributed by atoms with van der Waals surface area (Å²) < 4.78 is 72.4. The second-order valence-electron chi connectivity index (χ2n) is 5.71. The molecule has 1 atom stereocenters. The minimum atomic E-state index is -5.48. The lowest BCUT2D eigenvalue weighted by Gasteiger charge is -2.29. The third kappa shape index (κ3) is 3.45. The summed E-state index contributed by atoms with van der Waals surface area (Å²) in [6.07, 6.45) is -4.27. The smallest absolute Gasteiger partial charge is 0.435 e. The van der Waals surface area contributed by atoms with Crippen LogP contribution in [0.15, 0.2) is 52.0 Å². The molecule has 0 aliphatic carbocycles. The van der Waals surface area contributed by atoms with Gasteiger partial charge in [-0.15, -0.1) is 0 Å². The van der Waals surface area contributed by atoms with Crippen molar-refractivity contribution in [3.63, 3.8) is 0 Å². The molecule has 150 valence electrons. The Labute approximate surface area is 161 Å². The highest BCUT2D eigenvalue weighted by Crippen LogP contribution is 2.35. The van der Waals surface area contributed by atoms with E-state index < -0.39 is 45.2 Å². The average Bonchev–Trinajstić information content (AvgIpc) is 3.18. The van der Waals surface area contributed by atoms with E-state index in [0.29, 0.717) is 0 Å². The number of amides is 3. The van der Waals surface area contributed by atoms with Gasteiger partial charge in [0.1, 0.15) is 5.76 Å². The molecule has 2 N–H and O–H groups in total. The van der Waals surface area contributed by atoms with E-state index in [1.165, 1.54) is 28.4 Å². The summed E-state index contributed by atoms with van der Waals surface area (Å²) in [6.45, 7) is -0.613. The van der Waals surface area contributed by atoms with Crippen LogP contribution in [-0.4, -0.2) is 37.1 Å². The number of furan rings is 1. The first-order chi connectivity index (χ1) is 13.0. The van der Waals surface area contributed by atoms with Gasteiger partial charge in [0.25, 0.3) is 11.6 Å². The van der Waals surface area contributed by atoms with Gasteiger partial charge in [0.05, 0.1) is 17.7 Å². The number of hydrogen-bond donors (Lipinski definition) is 2. The number of alkyl halides is 3. The molecule has 8 nitrogen and oxygen atoms in total. The van der Waals surface area contributed by atoms with Crippen LogP contribution in [0, 0.1) is 0 Å². The Morgan fingerprint density at radius 3 is 2.36 bits per heavy atom. The zero-order valence-corrected chi connectivity index (χ0v) is 15.2. The van der Waals surface area contributed by atoms with E-state index in [0.717, 1.165) is 24.3 Å². The van der Waals surface area contributed by atoms with Crippen LogP contribution in [-0.2, 0) is 21.4 Å². The zero-order valence-electron chi connectivity index (χ0n) is 13.7. The summed E-state index contributed by atoms with van der Waals surface area (Å²) in [4.78, 5) is 24.2. The second-order valence-corrected chi connectivity index (χ2v) is 7.83. The van der Waals surface area contributed by atoms with E-state index >= 15 is 0 Å². The number of carbonyl (C=O) groups is 2. The van der Waals surface area contributed by atoms with E-state index in [4.69, 9.17) is 16.0 Å². The summed E-state index contributed by atoms with van der Waals surface area (Å²) >= 11 is 5.64. The molecular weight excluding hydrogens is 427 g/mol. The Bertz CT molecular complexity index is 1010. The fraction of sp³-hybridized carbons (Fsp3) is 0.200. The number of hydrogen-bond acceptors (Lipinski definition) is 5.